The molecule has 1 fully saturated rings. The number of nitrogens with zero attached hydrogens (tertiary/aromatic N) is 2. The number of carbonyl (C=O) groups excluding carboxylic acids is 1. The van der Waals surface area contributed by atoms with Crippen molar-refractivity contribution in [2.24, 2.45) is 0 Å². The van der Waals surface area contributed by atoms with Gasteiger partial charge in [-0.15, -0.1) is 0 Å². The van der Waals surface area contributed by atoms with Crippen molar-refractivity contribution in [3.8, 4) is 0 Å². The first-order valence-corrected chi connectivity index (χ1v) is 9.99. The van der Waals surface area contributed by atoms with Crippen LogP contribution >= 0.6 is 0 Å². The number of rotatable bonds is 5. The topological polar surface area (TPSA) is 84.7 Å². The number of allylic oxidation sites excluding steroid dienone is 1. The molecule has 0 spiro atoms. The Hall–Kier alpha value is -3.45. The van der Waals surface area contributed by atoms with E-state index in [-0.39, 0.29) is 11.6 Å². The quantitative estimate of drug-likeness (QED) is 0.600. The molecule has 0 unspecified atom stereocenters. The summed E-state index contributed by atoms with van der Waals surface area (Å²) < 4.78 is 5.50. The van der Waals surface area contributed by atoms with E-state index in [0.29, 0.717) is 25.3 Å². The van der Waals surface area contributed by atoms with Crippen LogP contribution in [-0.2, 0) is 9.53 Å². The fourth-order valence-electron chi connectivity index (χ4n) is 3.86. The molecule has 2 aromatic rings. The molecule has 0 radical (unpaired) electrons. The lowest BCUT2D eigenvalue weighted by Crippen LogP contribution is -2.36. The number of nitro benzene ring substituents is 1. The zero-order valence-corrected chi connectivity index (χ0v) is 16.5. The molecule has 0 saturated carbocycles. The van der Waals surface area contributed by atoms with Gasteiger partial charge in [0.2, 0.25) is 0 Å². The average Bonchev–Trinajstić information content (AvgIpc) is 3.19. The highest BCUT2D eigenvalue weighted by Gasteiger charge is 2.29. The van der Waals surface area contributed by atoms with E-state index < -0.39 is 4.92 Å². The van der Waals surface area contributed by atoms with Crippen LogP contribution in [0, 0.1) is 10.1 Å². The largest absolute Gasteiger partial charge is 0.378 e. The number of benzene rings is 2. The van der Waals surface area contributed by atoms with Gasteiger partial charge in [-0.05, 0) is 42.2 Å². The van der Waals surface area contributed by atoms with Gasteiger partial charge in [0.15, 0.2) is 0 Å². The van der Waals surface area contributed by atoms with Crippen LogP contribution in [0.5, 0.6) is 0 Å². The number of morpholine rings is 1. The molecule has 1 N–H and O–H groups in total. The van der Waals surface area contributed by atoms with Gasteiger partial charge < -0.3 is 15.0 Å². The maximum Gasteiger partial charge on any atom is 0.269 e. The van der Waals surface area contributed by atoms with E-state index in [2.05, 4.69) is 28.4 Å². The van der Waals surface area contributed by atoms with Crippen LogP contribution in [0.4, 0.5) is 11.4 Å². The van der Waals surface area contributed by atoms with Crippen molar-refractivity contribution in [2.45, 2.75) is 12.8 Å². The van der Waals surface area contributed by atoms with Crippen LogP contribution in [0.2, 0.25) is 0 Å². The first-order chi connectivity index (χ1) is 14.6. The predicted octanol–water partition coefficient (Wildman–Crippen LogP) is 4.00. The minimum Gasteiger partial charge on any atom is -0.378 e. The highest BCUT2D eigenvalue weighted by Crippen LogP contribution is 2.36. The van der Waals surface area contributed by atoms with Crippen LogP contribution in [0.15, 0.2) is 71.4 Å². The van der Waals surface area contributed by atoms with E-state index in [1.54, 1.807) is 12.1 Å². The van der Waals surface area contributed by atoms with Crippen LogP contribution in [0.25, 0.3) is 6.08 Å². The Bertz CT molecular complexity index is 991. The van der Waals surface area contributed by atoms with Gasteiger partial charge in [-0.3, -0.25) is 14.9 Å². The van der Waals surface area contributed by atoms with Crippen molar-refractivity contribution in [3.63, 3.8) is 0 Å². The monoisotopic (exact) mass is 405 g/mol. The lowest BCUT2D eigenvalue weighted by molar-refractivity contribution is -0.384. The molecule has 7 heteroatoms. The Morgan fingerprint density at radius 1 is 1.03 bits per heavy atom. The fourth-order valence-corrected chi connectivity index (χ4v) is 3.86. The van der Waals surface area contributed by atoms with E-state index in [1.165, 1.54) is 12.1 Å². The normalized spacial score (nSPS) is 18.0. The van der Waals surface area contributed by atoms with Crippen LogP contribution in [-0.4, -0.2) is 42.0 Å². The van der Waals surface area contributed by atoms with E-state index in [1.807, 2.05) is 18.2 Å². The molecule has 2 aromatic carbocycles. The SMILES string of the molecule is O=C(Nc1ccc([N+](=O)[O-])cc1)C1=C(N2CCOCC2)C(=Cc2ccccc2)CC1. The van der Waals surface area contributed by atoms with Crippen LogP contribution < -0.4 is 5.32 Å². The molecule has 0 bridgehead atoms. The molecular weight excluding hydrogens is 382 g/mol. The van der Waals surface area contributed by atoms with Gasteiger partial charge in [0.25, 0.3) is 11.6 Å². The van der Waals surface area contributed by atoms with Crippen molar-refractivity contribution in [3.05, 3.63) is 87.1 Å². The Kier molecular flexibility index (Phi) is 5.90. The molecule has 2 aliphatic rings. The number of nitro groups is 1. The summed E-state index contributed by atoms with van der Waals surface area (Å²) in [6.07, 6.45) is 3.60. The Morgan fingerprint density at radius 2 is 1.73 bits per heavy atom. The summed E-state index contributed by atoms with van der Waals surface area (Å²) >= 11 is 0. The van der Waals surface area contributed by atoms with Gasteiger partial charge in [-0.25, -0.2) is 0 Å². The van der Waals surface area contributed by atoms with Crippen LogP contribution in [0.1, 0.15) is 18.4 Å². The molecule has 30 heavy (non-hydrogen) atoms. The molecule has 0 aromatic heterocycles. The number of anilines is 1. The zero-order valence-electron chi connectivity index (χ0n) is 16.5. The minimum atomic E-state index is -0.456. The molecule has 0 atom stereocenters. The van der Waals surface area contributed by atoms with Crippen molar-refractivity contribution in [1.29, 1.82) is 0 Å². The molecule has 1 aliphatic heterocycles. The highest BCUT2D eigenvalue weighted by atomic mass is 16.6. The van der Waals surface area contributed by atoms with Gasteiger partial charge in [-0.2, -0.15) is 0 Å². The maximum atomic E-state index is 13.1. The molecule has 7 nitrogen and oxygen atoms in total. The summed E-state index contributed by atoms with van der Waals surface area (Å²) in [5.74, 6) is -0.165. The van der Waals surface area contributed by atoms with E-state index in [9.17, 15) is 14.9 Å². The summed E-state index contributed by atoms with van der Waals surface area (Å²) in [7, 11) is 0. The van der Waals surface area contributed by atoms with Gasteiger partial charge in [0.05, 0.1) is 18.1 Å². The second-order valence-corrected chi connectivity index (χ2v) is 7.26. The number of nitrogens with one attached hydrogen (secondary N) is 1. The molecule has 1 heterocycles. The number of ether oxygens (including phenoxy) is 1. The van der Waals surface area contributed by atoms with E-state index in [4.69, 9.17) is 4.74 Å². The maximum absolute atomic E-state index is 13.1. The summed E-state index contributed by atoms with van der Waals surface area (Å²) in [5.41, 5.74) is 4.53. The summed E-state index contributed by atoms with van der Waals surface area (Å²) in [4.78, 5) is 25.7. The number of hydrogen-bond donors (Lipinski definition) is 1. The van der Waals surface area contributed by atoms with Gasteiger partial charge >= 0.3 is 0 Å². The minimum absolute atomic E-state index is 0.00447. The molecule has 1 amide bonds. The predicted molar refractivity (Wildman–Crippen MR) is 115 cm³/mol. The second kappa shape index (κ2) is 8.92. The molecular formula is C23H23N3O4. The van der Waals surface area contributed by atoms with Gasteiger partial charge in [0, 0.05) is 42.2 Å². The van der Waals surface area contributed by atoms with Gasteiger partial charge in [-0.1, -0.05) is 30.3 Å². The highest BCUT2D eigenvalue weighted by molar-refractivity contribution is 6.05. The molecule has 154 valence electrons. The standard InChI is InChI=1S/C23H23N3O4/c27-23(24-19-7-9-20(10-8-19)26(28)29)21-11-6-18(16-17-4-2-1-3-5-17)22(21)25-12-14-30-15-13-25/h1-5,7-10,16H,6,11-15H2,(H,24,27). The van der Waals surface area contributed by atoms with E-state index >= 15 is 0 Å². The zero-order chi connectivity index (χ0) is 20.9. The van der Waals surface area contributed by atoms with Crippen molar-refractivity contribution < 1.29 is 14.5 Å². The lowest BCUT2D eigenvalue weighted by Gasteiger charge is -2.31. The molecule has 4 rings (SSSR count). The average molecular weight is 405 g/mol. The third-order valence-corrected chi connectivity index (χ3v) is 5.31. The number of amides is 1. The number of non-ortho nitro benzene ring substituents is 1. The van der Waals surface area contributed by atoms with Crippen LogP contribution in [0.3, 0.4) is 0 Å². The Morgan fingerprint density at radius 3 is 2.40 bits per heavy atom. The summed E-state index contributed by atoms with van der Waals surface area (Å²) in [5, 5.41) is 13.7. The smallest absolute Gasteiger partial charge is 0.269 e. The third kappa shape index (κ3) is 4.41. The second-order valence-electron chi connectivity index (χ2n) is 7.26. The van der Waals surface area contributed by atoms with Gasteiger partial charge in [0.1, 0.15) is 0 Å². The van der Waals surface area contributed by atoms with Crippen molar-refractivity contribution in [2.75, 3.05) is 31.6 Å². The Balaban J connectivity index is 1.63. The number of carbonyl (C=O) groups is 1. The molecule has 1 aliphatic carbocycles. The first kappa shape index (κ1) is 19.8. The van der Waals surface area contributed by atoms with Crippen molar-refractivity contribution >= 4 is 23.4 Å². The van der Waals surface area contributed by atoms with E-state index in [0.717, 1.165) is 41.9 Å². The summed E-state index contributed by atoms with van der Waals surface area (Å²) in [6.45, 7) is 2.77. The number of hydrogen-bond acceptors (Lipinski definition) is 5. The Labute approximate surface area is 174 Å². The fraction of sp³-hybridized carbons (Fsp3) is 0.261. The first-order valence-electron chi connectivity index (χ1n) is 9.99. The summed E-state index contributed by atoms with van der Waals surface area (Å²) in [6, 6.07) is 16.0. The van der Waals surface area contributed by atoms with Crippen molar-refractivity contribution in [1.82, 2.24) is 4.90 Å². The lowest BCUT2D eigenvalue weighted by atomic mass is 10.1. The third-order valence-electron chi connectivity index (χ3n) is 5.31. The molecule has 1 saturated heterocycles.